The summed E-state index contributed by atoms with van der Waals surface area (Å²) >= 11 is 0. The Morgan fingerprint density at radius 1 is 0.885 bits per heavy atom. The number of pyridine rings is 1. The van der Waals surface area contributed by atoms with E-state index in [0.29, 0.717) is 5.75 Å². The summed E-state index contributed by atoms with van der Waals surface area (Å²) in [5.74, 6) is 1.35. The van der Waals surface area contributed by atoms with E-state index < -0.39 is 0 Å². The van der Waals surface area contributed by atoms with Crippen molar-refractivity contribution in [2.45, 2.75) is 0 Å². The van der Waals surface area contributed by atoms with Crippen LogP contribution in [-0.4, -0.2) is 29.3 Å². The minimum atomic E-state index is 0.113. The number of aromatic nitrogens is 2. The Kier molecular flexibility index (Phi) is 3.97. The Labute approximate surface area is 150 Å². The molecule has 0 fully saturated rings. The zero-order valence-electron chi connectivity index (χ0n) is 14.5. The van der Waals surface area contributed by atoms with Crippen molar-refractivity contribution in [3.63, 3.8) is 0 Å². The number of ether oxygens (including phenoxy) is 2. The van der Waals surface area contributed by atoms with Crippen molar-refractivity contribution >= 4 is 11.0 Å². The van der Waals surface area contributed by atoms with Crippen LogP contribution in [0.25, 0.3) is 33.3 Å². The second-order valence-corrected chi connectivity index (χ2v) is 5.91. The Balaban J connectivity index is 1.88. The van der Waals surface area contributed by atoms with Crippen LogP contribution in [0.3, 0.4) is 0 Å². The highest BCUT2D eigenvalue weighted by Gasteiger charge is 2.13. The molecule has 2 aromatic carbocycles. The van der Waals surface area contributed by atoms with Crippen LogP contribution in [-0.2, 0) is 0 Å². The quantitative estimate of drug-likeness (QED) is 0.566. The molecule has 2 heterocycles. The second kappa shape index (κ2) is 6.44. The predicted molar refractivity (Wildman–Crippen MR) is 102 cm³/mol. The van der Waals surface area contributed by atoms with Crippen molar-refractivity contribution in [1.29, 1.82) is 0 Å². The molecule has 0 aliphatic carbocycles. The van der Waals surface area contributed by atoms with Crippen LogP contribution in [0.4, 0.5) is 0 Å². The molecule has 0 saturated carbocycles. The average molecular weight is 346 g/mol. The Bertz CT molecular complexity index is 1090. The fourth-order valence-electron chi connectivity index (χ4n) is 3.11. The number of methoxy groups -OCH3 is 2. The van der Waals surface area contributed by atoms with E-state index in [9.17, 15) is 5.11 Å². The molecule has 26 heavy (non-hydrogen) atoms. The first-order chi connectivity index (χ1) is 12.7. The minimum absolute atomic E-state index is 0.113. The van der Waals surface area contributed by atoms with E-state index in [-0.39, 0.29) is 5.75 Å². The summed E-state index contributed by atoms with van der Waals surface area (Å²) in [5.41, 5.74) is 4.69. The molecule has 2 aromatic heterocycles. The lowest BCUT2D eigenvalue weighted by Crippen LogP contribution is -1.88. The van der Waals surface area contributed by atoms with Gasteiger partial charge in [0.1, 0.15) is 11.4 Å². The van der Waals surface area contributed by atoms with Crippen LogP contribution in [0.1, 0.15) is 0 Å². The topological polar surface area (TPSA) is 67.4 Å². The van der Waals surface area contributed by atoms with Crippen LogP contribution in [0, 0.1) is 0 Å². The van der Waals surface area contributed by atoms with E-state index in [2.05, 4.69) is 16.0 Å². The predicted octanol–water partition coefficient (Wildman–Crippen LogP) is 4.62. The highest BCUT2D eigenvalue weighted by Crippen LogP contribution is 2.37. The number of para-hydroxylation sites is 1. The fourth-order valence-corrected chi connectivity index (χ4v) is 3.11. The number of fused-ring (bicyclic) bond motifs is 1. The SMILES string of the molecule is COc1cc(-c2cnc3[nH]cc(-c4ccccc4OC)c3c2)ccc1O. The summed E-state index contributed by atoms with van der Waals surface area (Å²) in [6, 6.07) is 15.2. The van der Waals surface area contributed by atoms with E-state index in [4.69, 9.17) is 9.47 Å². The Hall–Kier alpha value is -3.47. The van der Waals surface area contributed by atoms with Gasteiger partial charge in [-0.2, -0.15) is 0 Å². The molecule has 0 bridgehead atoms. The molecule has 0 amide bonds. The van der Waals surface area contributed by atoms with Gasteiger partial charge in [-0.15, -0.1) is 0 Å². The monoisotopic (exact) mass is 346 g/mol. The van der Waals surface area contributed by atoms with Crippen molar-refractivity contribution in [3.8, 4) is 39.5 Å². The molecule has 0 spiro atoms. The van der Waals surface area contributed by atoms with Gasteiger partial charge in [0.05, 0.1) is 14.2 Å². The van der Waals surface area contributed by atoms with E-state index in [1.54, 1.807) is 25.4 Å². The molecule has 4 rings (SSSR count). The lowest BCUT2D eigenvalue weighted by atomic mass is 10.0. The second-order valence-electron chi connectivity index (χ2n) is 5.91. The number of phenols is 1. The van der Waals surface area contributed by atoms with Gasteiger partial charge in [-0.3, -0.25) is 0 Å². The van der Waals surface area contributed by atoms with Gasteiger partial charge < -0.3 is 19.6 Å². The van der Waals surface area contributed by atoms with Crippen LogP contribution >= 0.6 is 0 Å². The Morgan fingerprint density at radius 3 is 2.50 bits per heavy atom. The molecule has 0 atom stereocenters. The van der Waals surface area contributed by atoms with Gasteiger partial charge in [-0.1, -0.05) is 24.3 Å². The number of hydrogen-bond acceptors (Lipinski definition) is 4. The number of aromatic amines is 1. The molecule has 5 nitrogen and oxygen atoms in total. The van der Waals surface area contributed by atoms with Gasteiger partial charge in [0.25, 0.3) is 0 Å². The molecular formula is C21H18N2O3. The maximum atomic E-state index is 9.81. The lowest BCUT2D eigenvalue weighted by molar-refractivity contribution is 0.373. The number of rotatable bonds is 4. The molecule has 0 radical (unpaired) electrons. The van der Waals surface area contributed by atoms with Gasteiger partial charge in [-0.05, 0) is 29.8 Å². The van der Waals surface area contributed by atoms with Gasteiger partial charge in [0, 0.05) is 34.5 Å². The summed E-state index contributed by atoms with van der Waals surface area (Å²) in [6.07, 6.45) is 3.74. The molecule has 5 heteroatoms. The summed E-state index contributed by atoms with van der Waals surface area (Å²) < 4.78 is 10.7. The van der Waals surface area contributed by atoms with Crippen molar-refractivity contribution in [3.05, 3.63) is 60.9 Å². The first kappa shape index (κ1) is 16.0. The average Bonchev–Trinajstić information content (AvgIpc) is 3.11. The highest BCUT2D eigenvalue weighted by molar-refractivity contribution is 5.97. The van der Waals surface area contributed by atoms with Crippen molar-refractivity contribution in [2.24, 2.45) is 0 Å². The summed E-state index contributed by atoms with van der Waals surface area (Å²) in [4.78, 5) is 7.75. The number of hydrogen-bond donors (Lipinski definition) is 2. The van der Waals surface area contributed by atoms with Crippen molar-refractivity contribution in [1.82, 2.24) is 9.97 Å². The number of benzene rings is 2. The van der Waals surface area contributed by atoms with E-state index in [0.717, 1.165) is 39.0 Å². The zero-order valence-corrected chi connectivity index (χ0v) is 14.5. The molecular weight excluding hydrogens is 328 g/mol. The summed E-state index contributed by atoms with van der Waals surface area (Å²) in [5, 5.41) is 10.8. The summed E-state index contributed by atoms with van der Waals surface area (Å²) in [7, 11) is 3.20. The van der Waals surface area contributed by atoms with Crippen LogP contribution in [0.5, 0.6) is 17.2 Å². The third kappa shape index (κ3) is 2.63. The van der Waals surface area contributed by atoms with Gasteiger partial charge in [-0.25, -0.2) is 4.98 Å². The standard InChI is InChI=1S/C21H18N2O3/c1-25-19-6-4-3-5-15(19)17-12-23-21-16(17)9-14(11-22-21)13-7-8-18(24)20(10-13)26-2/h3-12,24H,1-2H3,(H,22,23). The smallest absolute Gasteiger partial charge is 0.161 e. The first-order valence-corrected chi connectivity index (χ1v) is 8.19. The molecule has 0 aliphatic rings. The molecule has 130 valence electrons. The van der Waals surface area contributed by atoms with Crippen LogP contribution < -0.4 is 9.47 Å². The number of aromatic hydroxyl groups is 1. The van der Waals surface area contributed by atoms with Gasteiger partial charge >= 0.3 is 0 Å². The number of phenolic OH excluding ortho intramolecular Hbond substituents is 1. The number of nitrogens with one attached hydrogen (secondary N) is 1. The minimum Gasteiger partial charge on any atom is -0.504 e. The lowest BCUT2D eigenvalue weighted by Gasteiger charge is -2.09. The van der Waals surface area contributed by atoms with Crippen LogP contribution in [0.2, 0.25) is 0 Å². The molecule has 0 unspecified atom stereocenters. The van der Waals surface area contributed by atoms with Crippen LogP contribution in [0.15, 0.2) is 60.9 Å². The third-order valence-corrected chi connectivity index (χ3v) is 4.44. The molecule has 0 aliphatic heterocycles. The third-order valence-electron chi connectivity index (χ3n) is 4.44. The van der Waals surface area contributed by atoms with Gasteiger partial charge in [0.2, 0.25) is 0 Å². The van der Waals surface area contributed by atoms with Crippen molar-refractivity contribution in [2.75, 3.05) is 14.2 Å². The number of H-pyrrole nitrogens is 1. The normalized spacial score (nSPS) is 10.8. The summed E-state index contributed by atoms with van der Waals surface area (Å²) in [6.45, 7) is 0. The maximum absolute atomic E-state index is 9.81. The largest absolute Gasteiger partial charge is 0.504 e. The highest BCUT2D eigenvalue weighted by atomic mass is 16.5. The fraction of sp³-hybridized carbons (Fsp3) is 0.0952. The molecule has 2 N–H and O–H groups in total. The van der Waals surface area contributed by atoms with Crippen molar-refractivity contribution < 1.29 is 14.6 Å². The van der Waals surface area contributed by atoms with Gasteiger partial charge in [0.15, 0.2) is 11.5 Å². The zero-order chi connectivity index (χ0) is 18.1. The number of nitrogens with zero attached hydrogens (tertiary/aromatic N) is 1. The van der Waals surface area contributed by atoms with E-state index >= 15 is 0 Å². The first-order valence-electron chi connectivity index (χ1n) is 8.19. The maximum Gasteiger partial charge on any atom is 0.161 e. The molecule has 4 aromatic rings. The van der Waals surface area contributed by atoms with E-state index in [1.165, 1.54) is 7.11 Å². The Morgan fingerprint density at radius 2 is 1.69 bits per heavy atom. The van der Waals surface area contributed by atoms with E-state index in [1.807, 2.05) is 36.5 Å². The molecule has 0 saturated heterocycles.